The number of aromatic nitrogens is 3. The molecule has 0 atom stereocenters. The van der Waals surface area contributed by atoms with Crippen LogP contribution in [0, 0.1) is 25.2 Å². The Labute approximate surface area is 186 Å². The second-order valence-electron chi connectivity index (χ2n) is 8.08. The standard InChI is InChI=1S/C24H25N5OS/c1-17-5-9-19(10-6-17)22-27-28-23(29(22)20-11-7-18(2)8-12-20)31-15-21(30)26-24(16-25)13-3-4-14-24/h5-12H,3-4,13-15H2,1-2H3,(H,26,30). The van der Waals surface area contributed by atoms with Crippen LogP contribution in [-0.4, -0.2) is 32.0 Å². The number of hydrogen-bond donors (Lipinski definition) is 1. The molecule has 6 nitrogen and oxygen atoms in total. The maximum absolute atomic E-state index is 12.6. The topological polar surface area (TPSA) is 83.6 Å². The van der Waals surface area contributed by atoms with Gasteiger partial charge in [-0.2, -0.15) is 5.26 Å². The van der Waals surface area contributed by atoms with Gasteiger partial charge in [0.05, 0.1) is 11.8 Å². The summed E-state index contributed by atoms with van der Waals surface area (Å²) in [7, 11) is 0. The number of thioether (sulfide) groups is 1. The highest BCUT2D eigenvalue weighted by Crippen LogP contribution is 2.30. The molecule has 0 radical (unpaired) electrons. The summed E-state index contributed by atoms with van der Waals surface area (Å²) in [6.07, 6.45) is 3.39. The first-order valence-corrected chi connectivity index (χ1v) is 11.4. The second kappa shape index (κ2) is 8.94. The van der Waals surface area contributed by atoms with Crippen LogP contribution < -0.4 is 5.32 Å². The zero-order chi connectivity index (χ0) is 21.8. The Kier molecular flexibility index (Phi) is 6.10. The molecule has 1 aromatic heterocycles. The zero-order valence-corrected chi connectivity index (χ0v) is 18.6. The molecule has 1 aliphatic rings. The molecule has 1 heterocycles. The molecular weight excluding hydrogens is 406 g/mol. The van der Waals surface area contributed by atoms with Crippen LogP contribution in [0.15, 0.2) is 53.7 Å². The molecule has 0 unspecified atom stereocenters. The highest BCUT2D eigenvalue weighted by atomic mass is 32.2. The maximum atomic E-state index is 12.6. The molecule has 1 aliphatic carbocycles. The van der Waals surface area contributed by atoms with Crippen molar-refractivity contribution in [3.63, 3.8) is 0 Å². The number of aryl methyl sites for hydroxylation is 2. The molecular formula is C24H25N5OS. The van der Waals surface area contributed by atoms with Crippen LogP contribution in [0.25, 0.3) is 17.1 Å². The molecule has 1 N–H and O–H groups in total. The fourth-order valence-electron chi connectivity index (χ4n) is 3.86. The molecule has 1 amide bonds. The highest BCUT2D eigenvalue weighted by Gasteiger charge is 2.35. The summed E-state index contributed by atoms with van der Waals surface area (Å²) in [6, 6.07) is 18.6. The number of benzene rings is 2. The van der Waals surface area contributed by atoms with Crippen LogP contribution >= 0.6 is 11.8 Å². The fraction of sp³-hybridized carbons (Fsp3) is 0.333. The quantitative estimate of drug-likeness (QED) is 0.577. The average Bonchev–Trinajstić information content (AvgIpc) is 3.41. The SMILES string of the molecule is Cc1ccc(-c2nnc(SCC(=O)NC3(C#N)CCCC3)n2-c2ccc(C)cc2)cc1. The third-order valence-electron chi connectivity index (χ3n) is 5.62. The third-order valence-corrected chi connectivity index (χ3v) is 6.55. The van der Waals surface area contributed by atoms with E-state index < -0.39 is 5.54 Å². The largest absolute Gasteiger partial charge is 0.337 e. The van der Waals surface area contributed by atoms with Gasteiger partial charge in [0.25, 0.3) is 0 Å². The van der Waals surface area contributed by atoms with Crippen LogP contribution in [0.5, 0.6) is 0 Å². The van der Waals surface area contributed by atoms with Gasteiger partial charge in [0.2, 0.25) is 5.91 Å². The first-order chi connectivity index (χ1) is 15.0. The van der Waals surface area contributed by atoms with Crippen molar-refractivity contribution < 1.29 is 4.79 Å². The Morgan fingerprint density at radius 3 is 2.29 bits per heavy atom. The van der Waals surface area contributed by atoms with Crippen molar-refractivity contribution in [2.75, 3.05) is 5.75 Å². The minimum absolute atomic E-state index is 0.149. The highest BCUT2D eigenvalue weighted by molar-refractivity contribution is 7.99. The summed E-state index contributed by atoms with van der Waals surface area (Å²) in [5.74, 6) is 0.765. The van der Waals surface area contributed by atoms with Crippen molar-refractivity contribution in [2.24, 2.45) is 0 Å². The van der Waals surface area contributed by atoms with Crippen molar-refractivity contribution in [1.29, 1.82) is 5.26 Å². The molecule has 1 fully saturated rings. The van der Waals surface area contributed by atoms with Gasteiger partial charge in [-0.1, -0.05) is 59.3 Å². The van der Waals surface area contributed by atoms with Crippen molar-refractivity contribution in [3.8, 4) is 23.1 Å². The molecule has 2 aromatic carbocycles. The van der Waals surface area contributed by atoms with E-state index in [-0.39, 0.29) is 11.7 Å². The fourth-order valence-corrected chi connectivity index (χ4v) is 4.61. The van der Waals surface area contributed by atoms with Crippen LogP contribution in [0.3, 0.4) is 0 Å². The van der Waals surface area contributed by atoms with Crippen LogP contribution in [0.4, 0.5) is 0 Å². The number of nitrogens with one attached hydrogen (secondary N) is 1. The lowest BCUT2D eigenvalue weighted by molar-refractivity contribution is -0.119. The van der Waals surface area contributed by atoms with Crippen molar-refractivity contribution in [2.45, 2.75) is 50.2 Å². The Morgan fingerprint density at radius 2 is 1.68 bits per heavy atom. The van der Waals surface area contributed by atoms with Crippen molar-refractivity contribution >= 4 is 17.7 Å². The molecule has 4 rings (SSSR count). The number of nitrogens with zero attached hydrogens (tertiary/aromatic N) is 4. The number of nitriles is 1. The van der Waals surface area contributed by atoms with Crippen LogP contribution in [0.2, 0.25) is 0 Å². The molecule has 0 aliphatic heterocycles. The number of hydrogen-bond acceptors (Lipinski definition) is 5. The first-order valence-electron chi connectivity index (χ1n) is 10.4. The first kappa shape index (κ1) is 21.1. The summed E-state index contributed by atoms with van der Waals surface area (Å²) in [6.45, 7) is 4.09. The van der Waals surface area contributed by atoms with E-state index in [1.807, 2.05) is 66.9 Å². The maximum Gasteiger partial charge on any atom is 0.231 e. The van der Waals surface area contributed by atoms with E-state index in [1.165, 1.54) is 22.9 Å². The van der Waals surface area contributed by atoms with Gasteiger partial charge in [-0.05, 0) is 51.7 Å². The van der Waals surface area contributed by atoms with Gasteiger partial charge in [-0.25, -0.2) is 0 Å². The number of carbonyl (C=O) groups excluding carboxylic acids is 1. The lowest BCUT2D eigenvalue weighted by Crippen LogP contribution is -2.45. The Bertz CT molecular complexity index is 1110. The normalized spacial score (nSPS) is 14.9. The summed E-state index contributed by atoms with van der Waals surface area (Å²) in [5, 5.41) is 21.9. The van der Waals surface area contributed by atoms with Gasteiger partial charge < -0.3 is 5.32 Å². The molecule has 31 heavy (non-hydrogen) atoms. The molecule has 0 bridgehead atoms. The van der Waals surface area contributed by atoms with E-state index in [0.29, 0.717) is 5.16 Å². The van der Waals surface area contributed by atoms with Gasteiger partial charge in [0.1, 0.15) is 5.54 Å². The molecule has 0 saturated heterocycles. The van der Waals surface area contributed by atoms with Gasteiger partial charge >= 0.3 is 0 Å². The van der Waals surface area contributed by atoms with E-state index in [9.17, 15) is 10.1 Å². The summed E-state index contributed by atoms with van der Waals surface area (Å²) in [5.41, 5.74) is 3.54. The predicted octanol–water partition coefficient (Wildman–Crippen LogP) is 4.60. The van der Waals surface area contributed by atoms with Gasteiger partial charge in [-0.3, -0.25) is 9.36 Å². The monoisotopic (exact) mass is 431 g/mol. The summed E-state index contributed by atoms with van der Waals surface area (Å²) in [4.78, 5) is 12.6. The van der Waals surface area contributed by atoms with E-state index >= 15 is 0 Å². The van der Waals surface area contributed by atoms with E-state index in [4.69, 9.17) is 0 Å². The Balaban J connectivity index is 1.60. The lowest BCUT2D eigenvalue weighted by Gasteiger charge is -2.21. The Hall–Kier alpha value is -3.11. The summed E-state index contributed by atoms with van der Waals surface area (Å²) >= 11 is 1.33. The van der Waals surface area contributed by atoms with Crippen LogP contribution in [0.1, 0.15) is 36.8 Å². The third kappa shape index (κ3) is 4.64. The zero-order valence-electron chi connectivity index (χ0n) is 17.8. The van der Waals surface area contributed by atoms with Gasteiger partial charge in [0.15, 0.2) is 11.0 Å². The van der Waals surface area contributed by atoms with E-state index in [0.717, 1.165) is 42.8 Å². The number of carbonyl (C=O) groups is 1. The lowest BCUT2D eigenvalue weighted by atomic mass is 10.0. The smallest absolute Gasteiger partial charge is 0.231 e. The predicted molar refractivity (Wildman–Crippen MR) is 122 cm³/mol. The molecule has 7 heteroatoms. The Morgan fingerprint density at radius 1 is 1.06 bits per heavy atom. The van der Waals surface area contributed by atoms with Crippen molar-refractivity contribution in [3.05, 3.63) is 59.7 Å². The van der Waals surface area contributed by atoms with E-state index in [2.05, 4.69) is 21.6 Å². The summed E-state index contributed by atoms with van der Waals surface area (Å²) < 4.78 is 1.98. The number of amides is 1. The molecule has 158 valence electrons. The number of rotatable bonds is 6. The molecule has 3 aromatic rings. The minimum Gasteiger partial charge on any atom is -0.337 e. The molecule has 0 spiro atoms. The van der Waals surface area contributed by atoms with Crippen molar-refractivity contribution in [1.82, 2.24) is 20.1 Å². The average molecular weight is 432 g/mol. The molecule has 1 saturated carbocycles. The van der Waals surface area contributed by atoms with Gasteiger partial charge in [-0.15, -0.1) is 10.2 Å². The second-order valence-corrected chi connectivity index (χ2v) is 9.02. The minimum atomic E-state index is -0.713. The van der Waals surface area contributed by atoms with Crippen LogP contribution in [-0.2, 0) is 4.79 Å². The van der Waals surface area contributed by atoms with Gasteiger partial charge in [0, 0.05) is 11.3 Å². The van der Waals surface area contributed by atoms with E-state index in [1.54, 1.807) is 0 Å².